The maximum absolute atomic E-state index is 4.33. The predicted octanol–water partition coefficient (Wildman–Crippen LogP) is 2.96. The smallest absolute Gasteiger partial charge is 0.0532 e. The Balaban J connectivity index is 2.63. The normalized spacial score (nSPS) is 13.6. The van der Waals surface area contributed by atoms with E-state index >= 15 is 0 Å². The summed E-state index contributed by atoms with van der Waals surface area (Å²) in [5, 5.41) is 4.89. The lowest BCUT2D eigenvalue weighted by molar-refractivity contribution is 0.483. The van der Waals surface area contributed by atoms with Crippen LogP contribution in [0.4, 0.5) is 0 Å². The summed E-state index contributed by atoms with van der Waals surface area (Å²) in [6.07, 6.45) is 6.26. The van der Waals surface area contributed by atoms with E-state index in [-0.39, 0.29) is 0 Å². The van der Waals surface area contributed by atoms with Gasteiger partial charge in [0.1, 0.15) is 0 Å². The van der Waals surface area contributed by atoms with Crippen LogP contribution in [0.5, 0.6) is 0 Å². The highest BCUT2D eigenvalue weighted by atomic mass is 32.2. The summed E-state index contributed by atoms with van der Waals surface area (Å²) in [6.45, 7) is 7.64. The van der Waals surface area contributed by atoms with Crippen LogP contribution in [0.1, 0.15) is 31.6 Å². The topological polar surface area (TPSA) is 17.8 Å². The van der Waals surface area contributed by atoms with Crippen molar-refractivity contribution in [3.8, 4) is 0 Å². The Morgan fingerprint density at radius 3 is 2.69 bits per heavy atom. The monoisotopic (exact) mass is 198 g/mol. The summed E-state index contributed by atoms with van der Waals surface area (Å²) in [5.41, 5.74) is 1.33. The van der Waals surface area contributed by atoms with E-state index in [0.717, 1.165) is 6.54 Å². The van der Waals surface area contributed by atoms with Gasteiger partial charge in [0.15, 0.2) is 0 Å². The Morgan fingerprint density at radius 1 is 1.46 bits per heavy atom. The summed E-state index contributed by atoms with van der Waals surface area (Å²) in [5.74, 6) is 0.664. The van der Waals surface area contributed by atoms with Crippen molar-refractivity contribution in [3.05, 3.63) is 18.0 Å². The molecule has 0 radical (unpaired) electrons. The van der Waals surface area contributed by atoms with Crippen molar-refractivity contribution in [2.45, 2.75) is 32.6 Å². The molecule has 0 aromatic carbocycles. The van der Waals surface area contributed by atoms with E-state index in [1.54, 1.807) is 0 Å². The summed E-state index contributed by atoms with van der Waals surface area (Å²) < 4.78 is 2.03. The quantitative estimate of drug-likeness (QED) is 0.740. The van der Waals surface area contributed by atoms with Crippen molar-refractivity contribution in [2.24, 2.45) is 5.92 Å². The van der Waals surface area contributed by atoms with Crippen LogP contribution in [0, 0.1) is 5.92 Å². The second kappa shape index (κ2) is 4.70. The molecule has 3 heteroatoms. The van der Waals surface area contributed by atoms with Gasteiger partial charge in [0, 0.05) is 23.6 Å². The zero-order valence-electron chi connectivity index (χ0n) is 8.82. The molecule has 0 aliphatic rings. The van der Waals surface area contributed by atoms with E-state index in [0.29, 0.717) is 11.2 Å². The van der Waals surface area contributed by atoms with Gasteiger partial charge in [-0.25, -0.2) is 0 Å². The molecule has 2 nitrogen and oxygen atoms in total. The minimum Gasteiger partial charge on any atom is -0.272 e. The molecule has 0 spiro atoms. The van der Waals surface area contributed by atoms with E-state index in [4.69, 9.17) is 0 Å². The van der Waals surface area contributed by atoms with Crippen LogP contribution in [0.2, 0.25) is 0 Å². The Kier molecular flexibility index (Phi) is 3.85. The van der Waals surface area contributed by atoms with Crippen molar-refractivity contribution < 1.29 is 0 Å². The third kappa shape index (κ3) is 3.07. The van der Waals surface area contributed by atoms with Crippen molar-refractivity contribution in [1.82, 2.24) is 9.78 Å². The second-order valence-electron chi connectivity index (χ2n) is 3.77. The predicted molar refractivity (Wildman–Crippen MR) is 59.0 cm³/mol. The molecule has 0 fully saturated rings. The molecule has 1 heterocycles. The molecular formula is C10H18N2S. The Morgan fingerprint density at radius 2 is 2.15 bits per heavy atom. The summed E-state index contributed by atoms with van der Waals surface area (Å²) in [7, 11) is 0. The molecule has 0 saturated heterocycles. The van der Waals surface area contributed by atoms with Gasteiger partial charge in [-0.05, 0) is 19.1 Å². The van der Waals surface area contributed by atoms with Gasteiger partial charge in [0.2, 0.25) is 0 Å². The van der Waals surface area contributed by atoms with E-state index < -0.39 is 0 Å². The molecule has 1 rings (SSSR count). The van der Waals surface area contributed by atoms with Crippen molar-refractivity contribution in [3.63, 3.8) is 0 Å². The van der Waals surface area contributed by atoms with Gasteiger partial charge in [-0.3, -0.25) is 4.68 Å². The van der Waals surface area contributed by atoms with Gasteiger partial charge >= 0.3 is 0 Å². The number of nitrogens with zero attached hydrogens (tertiary/aromatic N) is 2. The van der Waals surface area contributed by atoms with Gasteiger partial charge in [0.25, 0.3) is 0 Å². The highest BCUT2D eigenvalue weighted by Gasteiger charge is 2.06. The van der Waals surface area contributed by atoms with Gasteiger partial charge in [0.05, 0.1) is 6.20 Å². The van der Waals surface area contributed by atoms with E-state index in [2.05, 4.69) is 38.3 Å². The van der Waals surface area contributed by atoms with Crippen LogP contribution in [0.3, 0.4) is 0 Å². The van der Waals surface area contributed by atoms with Gasteiger partial charge < -0.3 is 0 Å². The Hall–Kier alpha value is -0.440. The number of hydrogen-bond acceptors (Lipinski definition) is 2. The Labute approximate surface area is 84.7 Å². The minimum absolute atomic E-state index is 0.556. The fraction of sp³-hybridized carbons (Fsp3) is 0.700. The zero-order valence-corrected chi connectivity index (χ0v) is 9.64. The molecule has 0 unspecified atom stereocenters. The Bertz CT molecular complexity index is 255. The molecule has 1 aromatic heterocycles. The zero-order chi connectivity index (χ0) is 9.84. The maximum atomic E-state index is 4.33. The van der Waals surface area contributed by atoms with Gasteiger partial charge in [-0.15, -0.1) is 0 Å². The summed E-state index contributed by atoms with van der Waals surface area (Å²) in [4.78, 5) is 0. The summed E-state index contributed by atoms with van der Waals surface area (Å²) >= 11 is 1.86. The lowest BCUT2D eigenvalue weighted by Gasteiger charge is -2.05. The molecule has 1 atom stereocenters. The highest BCUT2D eigenvalue weighted by Crippen LogP contribution is 2.24. The van der Waals surface area contributed by atoms with E-state index in [1.165, 1.54) is 5.56 Å². The first-order valence-corrected chi connectivity index (χ1v) is 5.97. The average molecular weight is 198 g/mol. The first-order chi connectivity index (χ1) is 6.13. The molecular weight excluding hydrogens is 180 g/mol. The van der Waals surface area contributed by atoms with Gasteiger partial charge in [-0.1, -0.05) is 13.8 Å². The fourth-order valence-electron chi connectivity index (χ4n) is 1.20. The minimum atomic E-state index is 0.556. The third-order valence-electron chi connectivity index (χ3n) is 2.03. The first kappa shape index (κ1) is 10.6. The second-order valence-corrected chi connectivity index (χ2v) is 4.95. The standard InChI is InChI=1S/C10H18N2S/c1-8(2)6-12-7-10(5-11-12)9(3)13-4/h5,7-9H,6H2,1-4H3/t9-/m1/s1. The van der Waals surface area contributed by atoms with E-state index in [9.17, 15) is 0 Å². The average Bonchev–Trinajstić information content (AvgIpc) is 2.50. The number of thioether (sulfide) groups is 1. The molecule has 13 heavy (non-hydrogen) atoms. The lowest BCUT2D eigenvalue weighted by Crippen LogP contribution is -2.04. The van der Waals surface area contributed by atoms with Crippen LogP contribution in [0.25, 0.3) is 0 Å². The molecule has 74 valence electrons. The molecule has 1 aromatic rings. The lowest BCUT2D eigenvalue weighted by atomic mass is 10.2. The van der Waals surface area contributed by atoms with Crippen LogP contribution in [0.15, 0.2) is 12.4 Å². The first-order valence-electron chi connectivity index (χ1n) is 4.68. The van der Waals surface area contributed by atoms with Crippen LogP contribution >= 0.6 is 11.8 Å². The molecule has 0 N–H and O–H groups in total. The third-order valence-corrected chi connectivity index (χ3v) is 3.01. The molecule has 0 aliphatic carbocycles. The highest BCUT2D eigenvalue weighted by molar-refractivity contribution is 7.98. The molecule has 0 saturated carbocycles. The number of rotatable bonds is 4. The van der Waals surface area contributed by atoms with Crippen LogP contribution in [-0.2, 0) is 6.54 Å². The van der Waals surface area contributed by atoms with Crippen molar-refractivity contribution >= 4 is 11.8 Å². The van der Waals surface area contributed by atoms with Crippen molar-refractivity contribution in [1.29, 1.82) is 0 Å². The van der Waals surface area contributed by atoms with Crippen LogP contribution in [-0.4, -0.2) is 16.0 Å². The fourth-order valence-corrected chi connectivity index (χ4v) is 1.59. The number of hydrogen-bond donors (Lipinski definition) is 0. The number of aromatic nitrogens is 2. The maximum Gasteiger partial charge on any atom is 0.0532 e. The van der Waals surface area contributed by atoms with Crippen molar-refractivity contribution in [2.75, 3.05) is 6.26 Å². The largest absolute Gasteiger partial charge is 0.272 e. The SMILES string of the molecule is CS[C@H](C)c1cnn(CC(C)C)c1. The molecule has 0 amide bonds. The van der Waals surface area contributed by atoms with E-state index in [1.807, 2.05) is 22.6 Å². The molecule has 0 aliphatic heterocycles. The van der Waals surface area contributed by atoms with Gasteiger partial charge in [-0.2, -0.15) is 16.9 Å². The summed E-state index contributed by atoms with van der Waals surface area (Å²) in [6, 6.07) is 0. The van der Waals surface area contributed by atoms with Crippen LogP contribution < -0.4 is 0 Å². The molecule has 0 bridgehead atoms.